The number of thioether (sulfide) groups is 1. The maximum atomic E-state index is 13.7. The van der Waals surface area contributed by atoms with Gasteiger partial charge in [0, 0.05) is 37.2 Å². The number of carbonyl (C=O) groups is 2. The van der Waals surface area contributed by atoms with Crippen LogP contribution in [0.3, 0.4) is 0 Å². The molecule has 0 spiro atoms. The van der Waals surface area contributed by atoms with Gasteiger partial charge in [0.1, 0.15) is 12.6 Å². The van der Waals surface area contributed by atoms with E-state index in [2.05, 4.69) is 48.7 Å². The number of ether oxygens (including phenoxy) is 6. The second kappa shape index (κ2) is 39.1. The van der Waals surface area contributed by atoms with E-state index >= 15 is 0 Å². The SMILES string of the molecule is CCCCCCCCCCCCOC[C@H](CSC[C@H](NC(=O)OCC1c2ccccc2-c2ccccc21)C(=O)NCCOCCOCCOCCP(=O)(O)O)OCCCCCCCCCCCC. The van der Waals surface area contributed by atoms with E-state index in [1.54, 1.807) is 11.8 Å². The molecule has 0 fully saturated rings. The molecular formula is C53H89N2O11PS. The lowest BCUT2D eigenvalue weighted by Crippen LogP contribution is -2.49. The quantitative estimate of drug-likeness (QED) is 0.0366. The van der Waals surface area contributed by atoms with Gasteiger partial charge in [-0.3, -0.25) is 9.36 Å². The summed E-state index contributed by atoms with van der Waals surface area (Å²) < 4.78 is 45.7. The third kappa shape index (κ3) is 28.4. The van der Waals surface area contributed by atoms with Gasteiger partial charge in [0.05, 0.1) is 58.5 Å². The molecule has 1 aliphatic rings. The summed E-state index contributed by atoms with van der Waals surface area (Å²) in [5.74, 6) is 0.491. The van der Waals surface area contributed by atoms with E-state index in [9.17, 15) is 14.2 Å². The summed E-state index contributed by atoms with van der Waals surface area (Å²) in [5, 5.41) is 5.77. The Morgan fingerprint density at radius 2 is 1.09 bits per heavy atom. The first kappa shape index (κ1) is 59.8. The molecule has 2 amide bonds. The summed E-state index contributed by atoms with van der Waals surface area (Å²) in [6.07, 6.45) is 24.2. The minimum absolute atomic E-state index is 0.0405. The lowest BCUT2D eigenvalue weighted by molar-refractivity contribution is -0.122. The number of alkyl carbamates (subject to hydrolysis) is 1. The Bertz CT molecular complexity index is 1590. The molecule has 2 aromatic rings. The molecule has 2 aromatic carbocycles. The molecule has 4 N–H and O–H groups in total. The van der Waals surface area contributed by atoms with Gasteiger partial charge in [-0.25, -0.2) is 4.79 Å². The number of carbonyl (C=O) groups excluding carboxylic acids is 2. The summed E-state index contributed by atoms with van der Waals surface area (Å²) in [6, 6.07) is 15.5. The monoisotopic (exact) mass is 993 g/mol. The molecule has 0 unspecified atom stereocenters. The Kier molecular flexibility index (Phi) is 34.4. The normalized spacial score (nSPS) is 13.3. The molecule has 0 bridgehead atoms. The van der Waals surface area contributed by atoms with Crippen LogP contribution in [0.2, 0.25) is 0 Å². The van der Waals surface area contributed by atoms with Gasteiger partial charge in [-0.1, -0.05) is 178 Å². The van der Waals surface area contributed by atoms with Crippen molar-refractivity contribution >= 4 is 31.4 Å². The van der Waals surface area contributed by atoms with Gasteiger partial charge in [-0.05, 0) is 35.1 Å². The van der Waals surface area contributed by atoms with Crippen LogP contribution in [0.4, 0.5) is 4.79 Å². The molecule has 0 radical (unpaired) electrons. The van der Waals surface area contributed by atoms with Crippen molar-refractivity contribution in [3.05, 3.63) is 59.7 Å². The average molecular weight is 993 g/mol. The molecule has 3 rings (SSSR count). The van der Waals surface area contributed by atoms with Crippen LogP contribution in [-0.4, -0.2) is 124 Å². The highest BCUT2D eigenvalue weighted by Crippen LogP contribution is 2.44. The van der Waals surface area contributed by atoms with E-state index in [-0.39, 0.29) is 70.3 Å². The third-order valence-corrected chi connectivity index (χ3v) is 14.1. The van der Waals surface area contributed by atoms with E-state index in [0.717, 1.165) is 41.5 Å². The maximum absolute atomic E-state index is 13.7. The number of hydrogen-bond donors (Lipinski definition) is 4. The number of rotatable bonds is 45. The first-order valence-electron chi connectivity index (χ1n) is 26.2. The van der Waals surface area contributed by atoms with Crippen LogP contribution in [-0.2, 0) is 37.8 Å². The van der Waals surface area contributed by atoms with E-state index in [1.165, 1.54) is 109 Å². The molecule has 1 aliphatic carbocycles. The van der Waals surface area contributed by atoms with Crippen molar-refractivity contribution in [1.29, 1.82) is 0 Å². The van der Waals surface area contributed by atoms with Gasteiger partial charge in [-0.15, -0.1) is 0 Å². The van der Waals surface area contributed by atoms with Crippen molar-refractivity contribution in [2.24, 2.45) is 0 Å². The Labute approximate surface area is 414 Å². The molecule has 0 heterocycles. The van der Waals surface area contributed by atoms with Crippen LogP contribution in [0, 0.1) is 0 Å². The van der Waals surface area contributed by atoms with Gasteiger partial charge in [0.15, 0.2) is 0 Å². The van der Waals surface area contributed by atoms with Gasteiger partial charge in [0.2, 0.25) is 5.91 Å². The van der Waals surface area contributed by atoms with Crippen molar-refractivity contribution in [1.82, 2.24) is 10.6 Å². The van der Waals surface area contributed by atoms with Crippen molar-refractivity contribution in [2.45, 2.75) is 160 Å². The molecule has 68 heavy (non-hydrogen) atoms. The Morgan fingerprint density at radius 1 is 0.603 bits per heavy atom. The fourth-order valence-electron chi connectivity index (χ4n) is 8.27. The highest BCUT2D eigenvalue weighted by atomic mass is 32.2. The standard InChI is InChI=1S/C53H89N2O11PS/c1-3-5-7-9-11-13-15-17-19-25-32-64-41-45(65-33-26-20-18-16-14-12-10-8-6-4-2)43-68-44-51(52(56)54-31-34-61-35-36-62-37-38-63-39-40-67(58,59)60)55-53(57)66-42-50-48-29-23-21-27-46(48)47-28-22-24-30-49(47)50/h21-24,27-30,45,50-51H,3-20,25-26,31-44H2,1-2H3,(H,54,56)(H,55,57)(H2,58,59,60)/t45-,51+/m1/s1. The highest BCUT2D eigenvalue weighted by molar-refractivity contribution is 7.99. The zero-order valence-electron chi connectivity index (χ0n) is 41.8. The van der Waals surface area contributed by atoms with Crippen LogP contribution in [0.5, 0.6) is 0 Å². The van der Waals surface area contributed by atoms with Crippen LogP contribution >= 0.6 is 19.4 Å². The summed E-state index contributed by atoms with van der Waals surface area (Å²) in [7, 11) is -4.08. The zero-order valence-corrected chi connectivity index (χ0v) is 43.5. The minimum Gasteiger partial charge on any atom is -0.449 e. The third-order valence-electron chi connectivity index (χ3n) is 12.2. The van der Waals surface area contributed by atoms with E-state index in [4.69, 9.17) is 38.2 Å². The first-order chi connectivity index (χ1) is 33.2. The van der Waals surface area contributed by atoms with Crippen LogP contribution < -0.4 is 10.6 Å². The van der Waals surface area contributed by atoms with Gasteiger partial charge in [-0.2, -0.15) is 11.8 Å². The molecule has 388 valence electrons. The zero-order chi connectivity index (χ0) is 48.8. The number of fused-ring (bicyclic) bond motifs is 3. The van der Waals surface area contributed by atoms with Crippen LogP contribution in [0.25, 0.3) is 11.1 Å². The second-order valence-electron chi connectivity index (χ2n) is 18.0. The van der Waals surface area contributed by atoms with E-state index in [1.807, 2.05) is 24.3 Å². The molecule has 0 aliphatic heterocycles. The van der Waals surface area contributed by atoms with Crippen LogP contribution in [0.1, 0.15) is 159 Å². The lowest BCUT2D eigenvalue weighted by Gasteiger charge is -2.22. The van der Waals surface area contributed by atoms with Crippen LogP contribution in [0.15, 0.2) is 48.5 Å². The number of amides is 2. The Balaban J connectivity index is 1.49. The molecule has 15 heteroatoms. The minimum atomic E-state index is -4.08. The van der Waals surface area contributed by atoms with Crippen molar-refractivity contribution in [2.75, 3.05) is 90.3 Å². The molecule has 0 saturated carbocycles. The fraction of sp³-hybridized carbons (Fsp3) is 0.736. The number of hydrogen-bond acceptors (Lipinski definition) is 10. The predicted molar refractivity (Wildman–Crippen MR) is 276 cm³/mol. The number of unbranched alkanes of at least 4 members (excludes halogenated alkanes) is 18. The average Bonchev–Trinajstić information content (AvgIpc) is 3.65. The van der Waals surface area contributed by atoms with Crippen molar-refractivity contribution in [3.8, 4) is 11.1 Å². The van der Waals surface area contributed by atoms with Crippen molar-refractivity contribution in [3.63, 3.8) is 0 Å². The second-order valence-corrected chi connectivity index (χ2v) is 20.9. The molecular weight excluding hydrogens is 904 g/mol. The van der Waals surface area contributed by atoms with Gasteiger partial charge in [0.25, 0.3) is 0 Å². The summed E-state index contributed by atoms with van der Waals surface area (Å²) in [5.41, 5.74) is 4.51. The van der Waals surface area contributed by atoms with E-state index in [0.29, 0.717) is 37.9 Å². The van der Waals surface area contributed by atoms with Crippen molar-refractivity contribution < 1.29 is 52.4 Å². The lowest BCUT2D eigenvalue weighted by atomic mass is 9.98. The largest absolute Gasteiger partial charge is 0.449 e. The maximum Gasteiger partial charge on any atom is 0.407 e. The predicted octanol–water partition coefficient (Wildman–Crippen LogP) is 11.2. The summed E-state index contributed by atoms with van der Waals surface area (Å²) >= 11 is 1.56. The first-order valence-corrected chi connectivity index (χ1v) is 29.1. The topological polar surface area (TPSA) is 171 Å². The Morgan fingerprint density at radius 3 is 1.63 bits per heavy atom. The Hall–Kier alpha value is -2.52. The smallest absolute Gasteiger partial charge is 0.407 e. The van der Waals surface area contributed by atoms with Gasteiger partial charge < -0.3 is 48.8 Å². The number of nitrogens with one attached hydrogen (secondary N) is 2. The summed E-state index contributed by atoms with van der Waals surface area (Å²) in [6.45, 7) is 8.01. The molecule has 0 aromatic heterocycles. The molecule has 0 saturated heterocycles. The van der Waals surface area contributed by atoms with Gasteiger partial charge >= 0.3 is 13.7 Å². The van der Waals surface area contributed by atoms with E-state index < -0.39 is 19.7 Å². The number of benzene rings is 2. The molecule has 13 nitrogen and oxygen atoms in total. The summed E-state index contributed by atoms with van der Waals surface area (Å²) in [4.78, 5) is 44.9. The highest BCUT2D eigenvalue weighted by Gasteiger charge is 2.30. The fourth-order valence-corrected chi connectivity index (χ4v) is 9.70. The molecule has 2 atom stereocenters.